The van der Waals surface area contributed by atoms with Crippen LogP contribution >= 0.6 is 15.9 Å². The summed E-state index contributed by atoms with van der Waals surface area (Å²) in [5.41, 5.74) is -1.97. The lowest BCUT2D eigenvalue weighted by Gasteiger charge is -2.41. The third-order valence-corrected chi connectivity index (χ3v) is 4.63. The standard InChI is InChI=1S/C17H18BrF3O2/c1-11(2)15-9-13(22)10-16(23-15,17(19,20)21)8-7-12-5-3-4-6-14(12)18/h3-8,11,15H,9-10H2,1-2H3/b8-7+/t15-,16?/m0/s1. The molecule has 0 bridgehead atoms. The van der Waals surface area contributed by atoms with Gasteiger partial charge in [0.15, 0.2) is 5.60 Å². The average Bonchev–Trinajstić information content (AvgIpc) is 2.44. The van der Waals surface area contributed by atoms with Gasteiger partial charge in [-0.15, -0.1) is 0 Å². The van der Waals surface area contributed by atoms with Crippen LogP contribution in [-0.2, 0) is 9.53 Å². The van der Waals surface area contributed by atoms with Crippen molar-refractivity contribution >= 4 is 27.8 Å². The highest BCUT2D eigenvalue weighted by Gasteiger charge is 2.58. The van der Waals surface area contributed by atoms with Crippen molar-refractivity contribution in [3.63, 3.8) is 0 Å². The van der Waals surface area contributed by atoms with Gasteiger partial charge in [0.2, 0.25) is 0 Å². The van der Waals surface area contributed by atoms with Crippen molar-refractivity contribution in [2.45, 2.75) is 44.6 Å². The molecule has 2 rings (SSSR count). The molecule has 0 aromatic heterocycles. The van der Waals surface area contributed by atoms with E-state index in [1.165, 1.54) is 6.08 Å². The molecule has 0 saturated carbocycles. The molecule has 1 fully saturated rings. The molecule has 0 aliphatic carbocycles. The number of alkyl halides is 3. The van der Waals surface area contributed by atoms with Crippen LogP contribution < -0.4 is 0 Å². The largest absolute Gasteiger partial charge is 0.421 e. The molecule has 1 heterocycles. The van der Waals surface area contributed by atoms with Gasteiger partial charge in [0.25, 0.3) is 0 Å². The van der Waals surface area contributed by atoms with Gasteiger partial charge in [-0.1, -0.05) is 54.1 Å². The fourth-order valence-electron chi connectivity index (χ4n) is 2.51. The van der Waals surface area contributed by atoms with Gasteiger partial charge < -0.3 is 4.74 Å². The summed E-state index contributed by atoms with van der Waals surface area (Å²) >= 11 is 3.30. The van der Waals surface area contributed by atoms with E-state index in [0.717, 1.165) is 6.08 Å². The van der Waals surface area contributed by atoms with E-state index >= 15 is 0 Å². The van der Waals surface area contributed by atoms with Gasteiger partial charge in [0.05, 0.1) is 6.10 Å². The summed E-state index contributed by atoms with van der Waals surface area (Å²) in [6.07, 6.45) is -3.72. The predicted octanol–water partition coefficient (Wildman–Crippen LogP) is 5.17. The van der Waals surface area contributed by atoms with Crippen LogP contribution in [0.25, 0.3) is 6.08 Å². The SMILES string of the molecule is CC(C)[C@@H]1CC(=O)CC(/C=C/c2ccccc2Br)(C(F)(F)F)O1. The molecule has 126 valence electrons. The van der Waals surface area contributed by atoms with E-state index in [9.17, 15) is 18.0 Å². The van der Waals surface area contributed by atoms with E-state index in [-0.39, 0.29) is 12.3 Å². The van der Waals surface area contributed by atoms with Crippen molar-refractivity contribution in [1.29, 1.82) is 0 Å². The Kier molecular flexibility index (Phi) is 5.36. The predicted molar refractivity (Wildman–Crippen MR) is 85.9 cm³/mol. The summed E-state index contributed by atoms with van der Waals surface area (Å²) in [7, 11) is 0. The van der Waals surface area contributed by atoms with Crippen LogP contribution in [0.4, 0.5) is 13.2 Å². The summed E-state index contributed by atoms with van der Waals surface area (Å²) in [5, 5.41) is 0. The van der Waals surface area contributed by atoms with E-state index < -0.39 is 30.1 Å². The highest BCUT2D eigenvalue weighted by Crippen LogP contribution is 2.43. The van der Waals surface area contributed by atoms with Crippen LogP contribution in [-0.4, -0.2) is 23.7 Å². The quantitative estimate of drug-likeness (QED) is 0.711. The number of ketones is 1. The maximum atomic E-state index is 13.7. The highest BCUT2D eigenvalue weighted by atomic mass is 79.9. The molecule has 2 atom stereocenters. The average molecular weight is 391 g/mol. The second kappa shape index (κ2) is 6.77. The summed E-state index contributed by atoms with van der Waals surface area (Å²) in [6.45, 7) is 3.50. The molecule has 0 radical (unpaired) electrons. The molecular weight excluding hydrogens is 373 g/mol. The number of benzene rings is 1. The molecule has 2 nitrogen and oxygen atoms in total. The molecule has 0 N–H and O–H groups in total. The third kappa shape index (κ3) is 4.04. The van der Waals surface area contributed by atoms with Crippen LogP contribution in [0.15, 0.2) is 34.8 Å². The Hall–Kier alpha value is -1.14. The molecule has 1 aliphatic heterocycles. The first kappa shape index (κ1) is 18.2. The number of ether oxygens (including phenoxy) is 1. The van der Waals surface area contributed by atoms with Crippen LogP contribution in [0, 0.1) is 5.92 Å². The van der Waals surface area contributed by atoms with E-state index in [2.05, 4.69) is 15.9 Å². The minimum atomic E-state index is -4.66. The third-order valence-electron chi connectivity index (χ3n) is 3.91. The number of hydrogen-bond acceptors (Lipinski definition) is 2. The Morgan fingerprint density at radius 3 is 2.57 bits per heavy atom. The number of Topliss-reactive ketones (excluding diaryl/α,β-unsaturated/α-hetero) is 1. The fraction of sp³-hybridized carbons (Fsp3) is 0.471. The van der Waals surface area contributed by atoms with Gasteiger partial charge in [-0.3, -0.25) is 4.79 Å². The maximum absolute atomic E-state index is 13.7. The zero-order chi connectivity index (χ0) is 17.3. The van der Waals surface area contributed by atoms with E-state index in [4.69, 9.17) is 4.74 Å². The zero-order valence-electron chi connectivity index (χ0n) is 12.9. The number of carbonyl (C=O) groups excluding carboxylic acids is 1. The number of rotatable bonds is 3. The highest BCUT2D eigenvalue weighted by molar-refractivity contribution is 9.10. The van der Waals surface area contributed by atoms with Crippen LogP contribution in [0.1, 0.15) is 32.3 Å². The Balaban J connectivity index is 2.40. The zero-order valence-corrected chi connectivity index (χ0v) is 14.4. The smallest absolute Gasteiger partial charge is 0.357 e. The maximum Gasteiger partial charge on any atom is 0.421 e. The van der Waals surface area contributed by atoms with Gasteiger partial charge in [-0.2, -0.15) is 13.2 Å². The summed E-state index contributed by atoms with van der Waals surface area (Å²) in [6, 6.07) is 6.93. The van der Waals surface area contributed by atoms with E-state index in [0.29, 0.717) is 10.0 Å². The van der Waals surface area contributed by atoms with Crippen molar-refractivity contribution in [3.8, 4) is 0 Å². The first-order valence-corrected chi connectivity index (χ1v) is 8.14. The lowest BCUT2D eigenvalue weighted by molar-refractivity contribution is -0.282. The lowest BCUT2D eigenvalue weighted by Crippen LogP contribution is -2.54. The fourth-order valence-corrected chi connectivity index (χ4v) is 2.93. The van der Waals surface area contributed by atoms with Crippen molar-refractivity contribution in [1.82, 2.24) is 0 Å². The topological polar surface area (TPSA) is 26.3 Å². The van der Waals surface area contributed by atoms with E-state index in [1.54, 1.807) is 38.1 Å². The van der Waals surface area contributed by atoms with Crippen molar-refractivity contribution in [2.24, 2.45) is 5.92 Å². The summed E-state index contributed by atoms with van der Waals surface area (Å²) in [5.74, 6) is -0.595. The van der Waals surface area contributed by atoms with E-state index in [1.807, 2.05) is 0 Å². The molecule has 6 heteroatoms. The van der Waals surface area contributed by atoms with Crippen molar-refractivity contribution < 1.29 is 22.7 Å². The summed E-state index contributed by atoms with van der Waals surface area (Å²) < 4.78 is 47.1. The molecule has 1 aromatic carbocycles. The molecule has 1 unspecified atom stereocenters. The van der Waals surface area contributed by atoms with Crippen molar-refractivity contribution in [3.05, 3.63) is 40.4 Å². The summed E-state index contributed by atoms with van der Waals surface area (Å²) in [4.78, 5) is 11.9. The molecular formula is C17H18BrF3O2. The van der Waals surface area contributed by atoms with Crippen LogP contribution in [0.3, 0.4) is 0 Å². The Morgan fingerprint density at radius 1 is 1.35 bits per heavy atom. The van der Waals surface area contributed by atoms with Crippen molar-refractivity contribution in [2.75, 3.05) is 0 Å². The van der Waals surface area contributed by atoms with Gasteiger partial charge >= 0.3 is 6.18 Å². The molecule has 0 spiro atoms. The molecule has 0 amide bonds. The minimum Gasteiger partial charge on any atom is -0.357 e. The second-order valence-corrected chi connectivity index (χ2v) is 6.92. The molecule has 23 heavy (non-hydrogen) atoms. The first-order chi connectivity index (χ1) is 10.6. The van der Waals surface area contributed by atoms with Gasteiger partial charge in [-0.25, -0.2) is 0 Å². The monoisotopic (exact) mass is 390 g/mol. The molecule has 1 aromatic rings. The Bertz CT molecular complexity index is 610. The number of hydrogen-bond donors (Lipinski definition) is 0. The van der Waals surface area contributed by atoms with Crippen LogP contribution in [0.5, 0.6) is 0 Å². The Labute approximate surface area is 141 Å². The first-order valence-electron chi connectivity index (χ1n) is 7.34. The minimum absolute atomic E-state index is 0.0262. The van der Waals surface area contributed by atoms with Crippen LogP contribution in [0.2, 0.25) is 0 Å². The molecule has 1 saturated heterocycles. The van der Waals surface area contributed by atoms with Gasteiger partial charge in [0, 0.05) is 17.3 Å². The lowest BCUT2D eigenvalue weighted by atomic mass is 9.86. The number of carbonyl (C=O) groups is 1. The van der Waals surface area contributed by atoms with Gasteiger partial charge in [0.1, 0.15) is 5.78 Å². The second-order valence-electron chi connectivity index (χ2n) is 6.06. The number of halogens is 4. The Morgan fingerprint density at radius 2 is 2.00 bits per heavy atom. The molecule has 1 aliphatic rings. The van der Waals surface area contributed by atoms with Gasteiger partial charge in [-0.05, 0) is 23.6 Å². The normalized spacial score (nSPS) is 26.2.